The molecule has 0 aliphatic heterocycles. The minimum Gasteiger partial charge on any atom is -0.385 e. The molecule has 0 aromatic carbocycles. The SMILES string of the molecule is C=C(N)N/N=C/C(CCCCCC)CCCCCCCC. The van der Waals surface area contributed by atoms with Gasteiger partial charge in [-0.15, -0.1) is 0 Å². The van der Waals surface area contributed by atoms with Gasteiger partial charge in [0.15, 0.2) is 0 Å². The Hall–Kier alpha value is -0.990. The summed E-state index contributed by atoms with van der Waals surface area (Å²) in [6.45, 7) is 8.12. The van der Waals surface area contributed by atoms with Gasteiger partial charge >= 0.3 is 0 Å². The van der Waals surface area contributed by atoms with Gasteiger partial charge < -0.3 is 5.73 Å². The average Bonchev–Trinajstić information content (AvgIpc) is 2.46. The molecule has 1 unspecified atom stereocenters. The highest BCUT2D eigenvalue weighted by molar-refractivity contribution is 5.60. The first-order valence-electron chi connectivity index (χ1n) is 8.94. The third kappa shape index (κ3) is 15.2. The zero-order valence-corrected chi connectivity index (χ0v) is 14.4. The lowest BCUT2D eigenvalue weighted by Gasteiger charge is -2.12. The minimum atomic E-state index is 0.413. The smallest absolute Gasteiger partial charge is 0.109 e. The zero-order chi connectivity index (χ0) is 15.8. The minimum absolute atomic E-state index is 0.413. The van der Waals surface area contributed by atoms with Crippen LogP contribution in [0, 0.1) is 5.92 Å². The number of unbranched alkanes of at least 4 members (excludes halogenated alkanes) is 8. The van der Waals surface area contributed by atoms with Gasteiger partial charge in [-0.1, -0.05) is 84.6 Å². The highest BCUT2D eigenvalue weighted by atomic mass is 15.3. The first kappa shape index (κ1) is 20.0. The van der Waals surface area contributed by atoms with E-state index in [2.05, 4.69) is 31.0 Å². The number of nitrogens with one attached hydrogen (secondary N) is 1. The Morgan fingerprint density at radius 2 is 1.43 bits per heavy atom. The van der Waals surface area contributed by atoms with Crippen molar-refractivity contribution in [2.45, 2.75) is 90.9 Å². The maximum Gasteiger partial charge on any atom is 0.109 e. The highest BCUT2D eigenvalue weighted by Gasteiger charge is 2.05. The fourth-order valence-corrected chi connectivity index (χ4v) is 2.54. The maximum atomic E-state index is 5.47. The Morgan fingerprint density at radius 3 is 1.95 bits per heavy atom. The lowest BCUT2D eigenvalue weighted by Crippen LogP contribution is -2.14. The summed E-state index contributed by atoms with van der Waals surface area (Å²) in [5.74, 6) is 0.996. The number of hydrazone groups is 1. The van der Waals surface area contributed by atoms with E-state index in [1.54, 1.807) is 0 Å². The van der Waals surface area contributed by atoms with Crippen LogP contribution < -0.4 is 11.2 Å². The molecular formula is C18H37N3. The van der Waals surface area contributed by atoms with Crippen LogP contribution in [0.2, 0.25) is 0 Å². The normalized spacial score (nSPS) is 12.7. The quantitative estimate of drug-likeness (QED) is 0.244. The molecule has 3 heteroatoms. The van der Waals surface area contributed by atoms with Gasteiger partial charge in [0.2, 0.25) is 0 Å². The Balaban J connectivity index is 3.88. The summed E-state index contributed by atoms with van der Waals surface area (Å²) < 4.78 is 0. The molecular weight excluding hydrogens is 258 g/mol. The number of hydrogen-bond donors (Lipinski definition) is 2. The van der Waals surface area contributed by atoms with E-state index >= 15 is 0 Å². The van der Waals surface area contributed by atoms with Crippen molar-refractivity contribution in [3.8, 4) is 0 Å². The predicted molar refractivity (Wildman–Crippen MR) is 95.2 cm³/mol. The molecule has 21 heavy (non-hydrogen) atoms. The molecule has 124 valence electrons. The Labute approximate surface area is 132 Å². The maximum absolute atomic E-state index is 5.47. The molecule has 0 radical (unpaired) electrons. The monoisotopic (exact) mass is 295 g/mol. The van der Waals surface area contributed by atoms with Crippen LogP contribution in [0.15, 0.2) is 17.5 Å². The molecule has 0 bridgehead atoms. The summed E-state index contributed by atoms with van der Waals surface area (Å²) in [4.78, 5) is 0. The van der Waals surface area contributed by atoms with E-state index in [1.807, 2.05) is 6.21 Å². The molecule has 0 aromatic heterocycles. The zero-order valence-electron chi connectivity index (χ0n) is 14.4. The van der Waals surface area contributed by atoms with Crippen molar-refractivity contribution in [3.63, 3.8) is 0 Å². The van der Waals surface area contributed by atoms with Crippen LogP contribution in [-0.4, -0.2) is 6.21 Å². The molecule has 3 N–H and O–H groups in total. The van der Waals surface area contributed by atoms with Crippen molar-refractivity contribution in [3.05, 3.63) is 12.4 Å². The van der Waals surface area contributed by atoms with E-state index in [9.17, 15) is 0 Å². The molecule has 0 aromatic rings. The van der Waals surface area contributed by atoms with Gasteiger partial charge in [0, 0.05) is 6.21 Å². The molecule has 0 fully saturated rings. The van der Waals surface area contributed by atoms with Crippen LogP contribution in [-0.2, 0) is 0 Å². The summed E-state index contributed by atoms with van der Waals surface area (Å²) in [5.41, 5.74) is 8.22. The highest BCUT2D eigenvalue weighted by Crippen LogP contribution is 2.17. The second kappa shape index (κ2) is 15.4. The first-order chi connectivity index (χ1) is 10.2. The molecule has 0 saturated carbocycles. The van der Waals surface area contributed by atoms with Gasteiger partial charge in [0.05, 0.1) is 0 Å². The lowest BCUT2D eigenvalue weighted by atomic mass is 9.95. The van der Waals surface area contributed by atoms with Gasteiger partial charge in [0.1, 0.15) is 5.82 Å². The van der Waals surface area contributed by atoms with Crippen molar-refractivity contribution in [2.24, 2.45) is 16.8 Å². The number of nitrogens with two attached hydrogens (primary N) is 1. The lowest BCUT2D eigenvalue weighted by molar-refractivity contribution is 0.492. The van der Waals surface area contributed by atoms with E-state index in [-0.39, 0.29) is 0 Å². The van der Waals surface area contributed by atoms with Gasteiger partial charge in [-0.25, -0.2) is 0 Å². The topological polar surface area (TPSA) is 50.4 Å². The molecule has 0 aliphatic carbocycles. The fraction of sp³-hybridized carbons (Fsp3) is 0.833. The van der Waals surface area contributed by atoms with Gasteiger partial charge in [0.25, 0.3) is 0 Å². The number of rotatable bonds is 15. The molecule has 0 rings (SSSR count). The van der Waals surface area contributed by atoms with E-state index in [0.717, 1.165) is 0 Å². The summed E-state index contributed by atoms with van der Waals surface area (Å²) in [7, 11) is 0. The van der Waals surface area contributed by atoms with Crippen LogP contribution in [0.25, 0.3) is 0 Å². The second-order valence-corrected chi connectivity index (χ2v) is 6.08. The summed E-state index contributed by atoms with van der Waals surface area (Å²) in [5, 5.41) is 4.20. The standard InChI is InChI=1S/C18H37N3/c1-4-6-8-10-11-13-15-18(14-12-9-7-5-2)16-20-21-17(3)19/h16,18,21H,3-15,19H2,1-2H3/b20-16+. The van der Waals surface area contributed by atoms with E-state index in [1.165, 1.54) is 77.0 Å². The second-order valence-electron chi connectivity index (χ2n) is 6.08. The molecule has 0 spiro atoms. The van der Waals surface area contributed by atoms with Crippen molar-refractivity contribution in [2.75, 3.05) is 0 Å². The van der Waals surface area contributed by atoms with Gasteiger partial charge in [-0.2, -0.15) is 5.10 Å². The Morgan fingerprint density at radius 1 is 0.952 bits per heavy atom. The summed E-state index contributed by atoms with van der Waals surface area (Å²) in [6.07, 6.45) is 18.0. The van der Waals surface area contributed by atoms with Crippen LogP contribution in [0.1, 0.15) is 90.9 Å². The summed E-state index contributed by atoms with van der Waals surface area (Å²) in [6, 6.07) is 0. The van der Waals surface area contributed by atoms with Gasteiger partial charge in [-0.3, -0.25) is 5.43 Å². The largest absolute Gasteiger partial charge is 0.385 e. The van der Waals surface area contributed by atoms with E-state index in [0.29, 0.717) is 11.7 Å². The van der Waals surface area contributed by atoms with Crippen molar-refractivity contribution >= 4 is 6.21 Å². The average molecular weight is 296 g/mol. The first-order valence-corrected chi connectivity index (χ1v) is 8.94. The van der Waals surface area contributed by atoms with Crippen molar-refractivity contribution in [1.82, 2.24) is 5.43 Å². The molecule has 0 aliphatic rings. The van der Waals surface area contributed by atoms with Crippen LogP contribution >= 0.6 is 0 Å². The van der Waals surface area contributed by atoms with Crippen LogP contribution in [0.5, 0.6) is 0 Å². The van der Waals surface area contributed by atoms with Crippen LogP contribution in [0.3, 0.4) is 0 Å². The predicted octanol–water partition coefficient (Wildman–Crippen LogP) is 5.33. The summed E-state index contributed by atoms with van der Waals surface area (Å²) >= 11 is 0. The third-order valence-electron chi connectivity index (χ3n) is 3.85. The van der Waals surface area contributed by atoms with Gasteiger partial charge in [-0.05, 0) is 18.8 Å². The fourth-order valence-electron chi connectivity index (χ4n) is 2.54. The number of nitrogens with zero attached hydrogens (tertiary/aromatic N) is 1. The van der Waals surface area contributed by atoms with Crippen molar-refractivity contribution in [1.29, 1.82) is 0 Å². The third-order valence-corrected chi connectivity index (χ3v) is 3.85. The van der Waals surface area contributed by atoms with E-state index in [4.69, 9.17) is 5.73 Å². The molecule has 0 heterocycles. The Kier molecular flexibility index (Phi) is 14.7. The molecule has 1 atom stereocenters. The number of hydrogen-bond acceptors (Lipinski definition) is 3. The molecule has 0 amide bonds. The molecule has 3 nitrogen and oxygen atoms in total. The van der Waals surface area contributed by atoms with Crippen molar-refractivity contribution < 1.29 is 0 Å². The Bertz CT molecular complexity index is 261. The van der Waals surface area contributed by atoms with Crippen LogP contribution in [0.4, 0.5) is 0 Å². The molecule has 0 saturated heterocycles. The van der Waals surface area contributed by atoms with E-state index < -0.39 is 0 Å².